The minimum atomic E-state index is -0.813. The van der Waals surface area contributed by atoms with Crippen molar-refractivity contribution in [2.24, 2.45) is 5.92 Å². The first kappa shape index (κ1) is 14.1. The molecule has 1 heterocycles. The van der Waals surface area contributed by atoms with Crippen LogP contribution >= 0.6 is 11.6 Å². The van der Waals surface area contributed by atoms with Crippen molar-refractivity contribution >= 4 is 29.1 Å². The number of phenols is 1. The van der Waals surface area contributed by atoms with E-state index in [9.17, 15) is 19.1 Å². The topological polar surface area (TPSA) is 57.6 Å². The van der Waals surface area contributed by atoms with E-state index in [1.165, 1.54) is 0 Å². The number of amides is 2. The van der Waals surface area contributed by atoms with Gasteiger partial charge in [0.2, 0.25) is 0 Å². The van der Waals surface area contributed by atoms with Gasteiger partial charge in [-0.25, -0.2) is 9.29 Å². The number of rotatable bonds is 1. The molecule has 2 amide bonds. The summed E-state index contributed by atoms with van der Waals surface area (Å²) in [6.45, 7) is 2.01. The molecule has 0 fully saturated rings. The molecular weight excluding hydrogens is 297 g/mol. The number of imide groups is 1. The minimum Gasteiger partial charge on any atom is -0.506 e. The van der Waals surface area contributed by atoms with Gasteiger partial charge in [0.25, 0.3) is 11.8 Å². The molecule has 3 rings (SSSR count). The highest BCUT2D eigenvalue weighted by atomic mass is 35.5. The standard InChI is InChI=1S/C15H13ClFNO3/c1-7-2-3-8-9(4-7)15(21)18(14(8)20)12-6-13(19)10(16)5-11(12)17/h5-7,19H,2-4H2,1H3. The Morgan fingerprint density at radius 2 is 1.95 bits per heavy atom. The second-order valence-electron chi connectivity index (χ2n) is 5.51. The van der Waals surface area contributed by atoms with Gasteiger partial charge in [-0.3, -0.25) is 9.59 Å². The molecule has 6 heteroatoms. The first-order chi connectivity index (χ1) is 9.90. The maximum atomic E-state index is 14.0. The molecular formula is C15H13ClFNO3. The van der Waals surface area contributed by atoms with Gasteiger partial charge in [-0.05, 0) is 31.2 Å². The average Bonchev–Trinajstić information content (AvgIpc) is 2.66. The van der Waals surface area contributed by atoms with Crippen molar-refractivity contribution in [2.45, 2.75) is 26.2 Å². The lowest BCUT2D eigenvalue weighted by atomic mass is 9.86. The SMILES string of the molecule is CC1CCC2=C(C1)C(=O)N(c1cc(O)c(Cl)cc1F)C2=O. The molecule has 1 aliphatic carbocycles. The highest BCUT2D eigenvalue weighted by Gasteiger charge is 2.42. The number of hydrogen-bond donors (Lipinski definition) is 1. The van der Waals surface area contributed by atoms with Gasteiger partial charge in [0.15, 0.2) is 0 Å². The summed E-state index contributed by atoms with van der Waals surface area (Å²) in [6, 6.07) is 1.90. The van der Waals surface area contributed by atoms with Gasteiger partial charge < -0.3 is 5.11 Å². The van der Waals surface area contributed by atoms with Gasteiger partial charge in [0, 0.05) is 17.2 Å². The number of anilines is 1. The zero-order valence-electron chi connectivity index (χ0n) is 11.3. The van der Waals surface area contributed by atoms with Gasteiger partial charge in [0.05, 0.1) is 10.7 Å². The summed E-state index contributed by atoms with van der Waals surface area (Å²) < 4.78 is 14.0. The van der Waals surface area contributed by atoms with E-state index in [2.05, 4.69) is 0 Å². The molecule has 0 saturated heterocycles. The Bertz CT molecular complexity index is 698. The zero-order chi connectivity index (χ0) is 15.3. The number of halogens is 2. The van der Waals surface area contributed by atoms with E-state index in [0.717, 1.165) is 23.5 Å². The van der Waals surface area contributed by atoms with Crippen molar-refractivity contribution in [3.05, 3.63) is 34.1 Å². The number of carbonyl (C=O) groups excluding carboxylic acids is 2. The molecule has 4 nitrogen and oxygen atoms in total. The summed E-state index contributed by atoms with van der Waals surface area (Å²) >= 11 is 5.62. The van der Waals surface area contributed by atoms with Gasteiger partial charge >= 0.3 is 0 Å². The van der Waals surface area contributed by atoms with Crippen molar-refractivity contribution in [3.8, 4) is 5.75 Å². The van der Waals surface area contributed by atoms with Crippen LogP contribution < -0.4 is 4.90 Å². The van der Waals surface area contributed by atoms with E-state index in [1.807, 2.05) is 6.92 Å². The molecule has 0 spiro atoms. The van der Waals surface area contributed by atoms with Crippen LogP contribution in [-0.2, 0) is 9.59 Å². The van der Waals surface area contributed by atoms with Crippen LogP contribution in [0.4, 0.5) is 10.1 Å². The van der Waals surface area contributed by atoms with Crippen LogP contribution in [0.15, 0.2) is 23.3 Å². The Morgan fingerprint density at radius 3 is 2.67 bits per heavy atom. The average molecular weight is 310 g/mol. The number of carbonyl (C=O) groups is 2. The number of benzene rings is 1. The molecule has 21 heavy (non-hydrogen) atoms. The molecule has 1 aliphatic heterocycles. The maximum absolute atomic E-state index is 14.0. The van der Waals surface area contributed by atoms with Crippen LogP contribution in [0, 0.1) is 11.7 Å². The highest BCUT2D eigenvalue weighted by molar-refractivity contribution is 6.34. The number of hydrogen-bond acceptors (Lipinski definition) is 3. The molecule has 2 aliphatic rings. The van der Waals surface area contributed by atoms with Gasteiger partial charge in [-0.2, -0.15) is 0 Å². The van der Waals surface area contributed by atoms with Gasteiger partial charge in [0.1, 0.15) is 11.6 Å². The first-order valence-electron chi connectivity index (χ1n) is 6.69. The van der Waals surface area contributed by atoms with Gasteiger partial charge in [-0.1, -0.05) is 18.5 Å². The smallest absolute Gasteiger partial charge is 0.261 e. The number of aromatic hydroxyl groups is 1. The summed E-state index contributed by atoms with van der Waals surface area (Å²) in [4.78, 5) is 25.6. The van der Waals surface area contributed by atoms with E-state index in [-0.39, 0.29) is 16.5 Å². The fourth-order valence-corrected chi connectivity index (χ4v) is 3.00. The first-order valence-corrected chi connectivity index (χ1v) is 7.06. The lowest BCUT2D eigenvalue weighted by molar-refractivity contribution is -0.120. The fraction of sp³-hybridized carbons (Fsp3) is 0.333. The molecule has 0 radical (unpaired) electrons. The molecule has 110 valence electrons. The van der Waals surface area contributed by atoms with Crippen molar-refractivity contribution < 1.29 is 19.1 Å². The maximum Gasteiger partial charge on any atom is 0.261 e. The highest BCUT2D eigenvalue weighted by Crippen LogP contribution is 2.40. The van der Waals surface area contributed by atoms with E-state index >= 15 is 0 Å². The van der Waals surface area contributed by atoms with Crippen molar-refractivity contribution in [1.29, 1.82) is 0 Å². The largest absolute Gasteiger partial charge is 0.506 e. The van der Waals surface area contributed by atoms with Crippen LogP contribution in [0.1, 0.15) is 26.2 Å². The van der Waals surface area contributed by atoms with Crippen LogP contribution in [0.3, 0.4) is 0 Å². The number of phenolic OH excluding ortho intramolecular Hbond substituents is 1. The van der Waals surface area contributed by atoms with E-state index in [1.54, 1.807) is 0 Å². The summed E-state index contributed by atoms with van der Waals surface area (Å²) in [5, 5.41) is 9.43. The molecule has 1 N–H and O–H groups in total. The summed E-state index contributed by atoms with van der Waals surface area (Å²) in [7, 11) is 0. The predicted octanol–water partition coefficient (Wildman–Crippen LogP) is 3.17. The molecule has 1 atom stereocenters. The Morgan fingerprint density at radius 1 is 1.29 bits per heavy atom. The van der Waals surface area contributed by atoms with Crippen LogP contribution in [-0.4, -0.2) is 16.9 Å². The van der Waals surface area contributed by atoms with Crippen molar-refractivity contribution in [1.82, 2.24) is 0 Å². The zero-order valence-corrected chi connectivity index (χ0v) is 12.1. The lowest BCUT2D eigenvalue weighted by Crippen LogP contribution is -2.32. The monoisotopic (exact) mass is 309 g/mol. The Labute approximate surface area is 125 Å². The molecule has 1 unspecified atom stereocenters. The van der Waals surface area contributed by atoms with E-state index in [4.69, 9.17) is 11.6 Å². The summed E-state index contributed by atoms with van der Waals surface area (Å²) in [6.07, 6.45) is 1.89. The van der Waals surface area contributed by atoms with Gasteiger partial charge in [-0.15, -0.1) is 0 Å². The van der Waals surface area contributed by atoms with E-state index in [0.29, 0.717) is 29.9 Å². The molecule has 0 saturated carbocycles. The third kappa shape index (κ3) is 2.12. The third-order valence-corrected chi connectivity index (χ3v) is 4.29. The summed E-state index contributed by atoms with van der Waals surface area (Å²) in [5.41, 5.74) is 0.675. The Kier molecular flexibility index (Phi) is 3.24. The van der Waals surface area contributed by atoms with Crippen LogP contribution in [0.2, 0.25) is 5.02 Å². The second kappa shape index (κ2) is 4.84. The molecule has 0 bridgehead atoms. The third-order valence-electron chi connectivity index (χ3n) is 3.98. The second-order valence-corrected chi connectivity index (χ2v) is 5.91. The van der Waals surface area contributed by atoms with Crippen LogP contribution in [0.5, 0.6) is 5.75 Å². The number of nitrogens with zero attached hydrogens (tertiary/aromatic N) is 1. The lowest BCUT2D eigenvalue weighted by Gasteiger charge is -2.17. The quantitative estimate of drug-likeness (QED) is 0.811. The molecule has 1 aromatic carbocycles. The Balaban J connectivity index is 2.05. The molecule has 1 aromatic rings. The fourth-order valence-electron chi connectivity index (χ4n) is 2.85. The van der Waals surface area contributed by atoms with Crippen molar-refractivity contribution in [2.75, 3.05) is 4.90 Å². The van der Waals surface area contributed by atoms with E-state index < -0.39 is 17.6 Å². The summed E-state index contributed by atoms with van der Waals surface area (Å²) in [5.74, 6) is -1.85. The normalized spacial score (nSPS) is 22.0. The Hall–Kier alpha value is -1.88. The predicted molar refractivity (Wildman–Crippen MR) is 75.6 cm³/mol. The van der Waals surface area contributed by atoms with Crippen molar-refractivity contribution in [3.63, 3.8) is 0 Å². The molecule has 0 aromatic heterocycles. The minimum absolute atomic E-state index is 0.165. The van der Waals surface area contributed by atoms with Crippen LogP contribution in [0.25, 0.3) is 0 Å².